The average molecular weight is 297 g/mol. The highest BCUT2D eigenvalue weighted by molar-refractivity contribution is 6.30. The van der Waals surface area contributed by atoms with Crippen molar-refractivity contribution in [3.05, 3.63) is 34.9 Å². The van der Waals surface area contributed by atoms with E-state index >= 15 is 0 Å². The Bertz CT molecular complexity index is 518. The van der Waals surface area contributed by atoms with Crippen molar-refractivity contribution in [2.24, 2.45) is 0 Å². The first-order valence-corrected chi connectivity index (χ1v) is 6.74. The van der Waals surface area contributed by atoms with Gasteiger partial charge in [-0.1, -0.05) is 11.6 Å². The van der Waals surface area contributed by atoms with Gasteiger partial charge in [0.25, 0.3) is 0 Å². The Morgan fingerprint density at radius 3 is 2.45 bits per heavy atom. The zero-order valence-electron chi connectivity index (χ0n) is 11.7. The lowest BCUT2D eigenvalue weighted by molar-refractivity contribution is -0.0411. The molecule has 1 saturated heterocycles. The highest BCUT2D eigenvalue weighted by Crippen LogP contribution is 2.21. The van der Waals surface area contributed by atoms with Crippen LogP contribution in [0.3, 0.4) is 0 Å². The van der Waals surface area contributed by atoms with Gasteiger partial charge in [0.1, 0.15) is 0 Å². The minimum Gasteiger partial charge on any atom is -0.438 e. The molecule has 1 aliphatic heterocycles. The Morgan fingerprint density at radius 2 is 1.85 bits per heavy atom. The Labute approximate surface area is 123 Å². The molecule has 0 aliphatic carbocycles. The lowest BCUT2D eigenvalue weighted by Gasteiger charge is -2.40. The van der Waals surface area contributed by atoms with Crippen LogP contribution in [-0.2, 0) is 4.74 Å². The zero-order valence-corrected chi connectivity index (χ0v) is 12.4. The van der Waals surface area contributed by atoms with Crippen LogP contribution in [0.15, 0.2) is 24.3 Å². The van der Waals surface area contributed by atoms with Gasteiger partial charge in [0, 0.05) is 31.6 Å². The predicted octanol–water partition coefficient (Wildman–Crippen LogP) is 2.60. The van der Waals surface area contributed by atoms with Gasteiger partial charge in [-0.2, -0.15) is 0 Å². The number of hydrogen-bond acceptors (Lipinski definition) is 3. The van der Waals surface area contributed by atoms with Crippen LogP contribution in [0.25, 0.3) is 0 Å². The molecule has 1 heterocycles. The third-order valence-corrected chi connectivity index (χ3v) is 3.81. The summed E-state index contributed by atoms with van der Waals surface area (Å²) < 4.78 is 5.42. The monoisotopic (exact) mass is 296 g/mol. The number of amides is 2. The van der Waals surface area contributed by atoms with E-state index in [2.05, 4.69) is 0 Å². The molecule has 0 radical (unpaired) electrons. The van der Waals surface area contributed by atoms with Gasteiger partial charge >= 0.3 is 12.0 Å². The van der Waals surface area contributed by atoms with Gasteiger partial charge in [0.05, 0.1) is 5.56 Å². The Hall–Kier alpha value is -1.75. The minimum absolute atomic E-state index is 0.0294. The normalized spacial score (nSPS) is 22.9. The van der Waals surface area contributed by atoms with Crippen LogP contribution in [0.2, 0.25) is 5.02 Å². The third kappa shape index (κ3) is 2.88. The van der Waals surface area contributed by atoms with E-state index in [1.54, 1.807) is 43.3 Å². The molecule has 0 aromatic heterocycles. The Kier molecular flexibility index (Phi) is 4.18. The second kappa shape index (κ2) is 5.71. The Morgan fingerprint density at radius 1 is 1.25 bits per heavy atom. The molecule has 2 unspecified atom stereocenters. The Balaban J connectivity index is 2.07. The van der Waals surface area contributed by atoms with Gasteiger partial charge in [-0.3, -0.25) is 4.90 Å². The molecule has 20 heavy (non-hydrogen) atoms. The van der Waals surface area contributed by atoms with E-state index in [4.69, 9.17) is 16.3 Å². The first-order valence-electron chi connectivity index (χ1n) is 6.36. The summed E-state index contributed by atoms with van der Waals surface area (Å²) in [4.78, 5) is 27.1. The van der Waals surface area contributed by atoms with Crippen LogP contribution >= 0.6 is 11.6 Å². The average Bonchev–Trinajstić information content (AvgIpc) is 2.43. The fraction of sp³-hybridized carbons (Fsp3) is 0.429. The van der Waals surface area contributed by atoms with E-state index in [9.17, 15) is 9.59 Å². The smallest absolute Gasteiger partial charge is 0.340 e. The van der Waals surface area contributed by atoms with Crippen LogP contribution in [0.5, 0.6) is 0 Å². The highest BCUT2D eigenvalue weighted by Gasteiger charge is 2.35. The summed E-state index contributed by atoms with van der Waals surface area (Å²) >= 11 is 5.78. The summed E-state index contributed by atoms with van der Waals surface area (Å²) in [6, 6.07) is 6.34. The molecule has 2 rings (SSSR count). The first kappa shape index (κ1) is 14.7. The molecule has 0 bridgehead atoms. The van der Waals surface area contributed by atoms with Crippen molar-refractivity contribution in [3.8, 4) is 0 Å². The molecule has 108 valence electrons. The van der Waals surface area contributed by atoms with Gasteiger partial charge in [-0.05, 0) is 31.2 Å². The maximum absolute atomic E-state index is 12.0. The molecule has 2 atom stereocenters. The molecule has 2 amide bonds. The lowest BCUT2D eigenvalue weighted by atomic mass is 10.1. The summed E-state index contributed by atoms with van der Waals surface area (Å²) in [5.74, 6) is -0.455. The number of ether oxygens (including phenoxy) is 1. The van der Waals surface area contributed by atoms with Gasteiger partial charge in [-0.15, -0.1) is 0 Å². The van der Waals surface area contributed by atoms with E-state index in [1.807, 2.05) is 6.92 Å². The summed E-state index contributed by atoms with van der Waals surface area (Å²) in [6.45, 7) is 1.92. The fourth-order valence-corrected chi connectivity index (χ4v) is 2.20. The van der Waals surface area contributed by atoms with Gasteiger partial charge < -0.3 is 9.64 Å². The number of urea groups is 1. The first-order chi connectivity index (χ1) is 9.40. The molecule has 1 fully saturated rings. The molecular weight excluding hydrogens is 280 g/mol. The van der Waals surface area contributed by atoms with Crippen molar-refractivity contribution in [2.75, 3.05) is 14.1 Å². The molecule has 6 heteroatoms. The standard InChI is InChI=1S/C14H17ClN2O3/c1-9-8-12(17(3)14(19)16(9)2)20-13(18)10-4-6-11(15)7-5-10/h4-7,9,12H,8H2,1-3H3. The van der Waals surface area contributed by atoms with E-state index in [0.29, 0.717) is 17.0 Å². The highest BCUT2D eigenvalue weighted by atomic mass is 35.5. The molecule has 0 spiro atoms. The minimum atomic E-state index is -0.545. The number of carbonyl (C=O) groups excluding carboxylic acids is 2. The topological polar surface area (TPSA) is 49.9 Å². The number of nitrogens with zero attached hydrogens (tertiary/aromatic N) is 2. The van der Waals surface area contributed by atoms with Crippen LogP contribution < -0.4 is 0 Å². The number of rotatable bonds is 2. The summed E-state index contributed by atoms with van der Waals surface area (Å²) in [7, 11) is 3.37. The van der Waals surface area contributed by atoms with Crippen LogP contribution in [0.1, 0.15) is 23.7 Å². The summed E-state index contributed by atoms with van der Waals surface area (Å²) in [6.07, 6.45) is 0.0369. The van der Waals surface area contributed by atoms with Crippen molar-refractivity contribution in [3.63, 3.8) is 0 Å². The van der Waals surface area contributed by atoms with Gasteiger partial charge in [0.2, 0.25) is 0 Å². The molecule has 1 aromatic carbocycles. The van der Waals surface area contributed by atoms with E-state index in [0.717, 1.165) is 0 Å². The fourth-order valence-electron chi connectivity index (χ4n) is 2.07. The van der Waals surface area contributed by atoms with Crippen LogP contribution in [0, 0.1) is 0 Å². The molecular formula is C14H17ClN2O3. The van der Waals surface area contributed by atoms with Crippen molar-refractivity contribution >= 4 is 23.6 Å². The molecule has 5 nitrogen and oxygen atoms in total. The van der Waals surface area contributed by atoms with Crippen molar-refractivity contribution in [1.29, 1.82) is 0 Å². The molecule has 1 aliphatic rings. The lowest BCUT2D eigenvalue weighted by Crippen LogP contribution is -2.56. The number of hydrogen-bond donors (Lipinski definition) is 0. The summed E-state index contributed by atoms with van der Waals surface area (Å²) in [5.41, 5.74) is 0.418. The number of halogens is 1. The third-order valence-electron chi connectivity index (χ3n) is 3.56. The number of benzene rings is 1. The van der Waals surface area contributed by atoms with Crippen LogP contribution in [0.4, 0.5) is 4.79 Å². The van der Waals surface area contributed by atoms with E-state index in [-0.39, 0.29) is 12.1 Å². The predicted molar refractivity (Wildman–Crippen MR) is 75.7 cm³/mol. The second-order valence-electron chi connectivity index (χ2n) is 4.96. The molecule has 1 aromatic rings. The van der Waals surface area contributed by atoms with Gasteiger partial charge in [-0.25, -0.2) is 9.59 Å². The maximum atomic E-state index is 12.0. The SMILES string of the molecule is CC1CC(OC(=O)c2ccc(Cl)cc2)N(C)C(=O)N1C. The maximum Gasteiger partial charge on any atom is 0.340 e. The van der Waals surface area contributed by atoms with Crippen molar-refractivity contribution < 1.29 is 14.3 Å². The van der Waals surface area contributed by atoms with Gasteiger partial charge in [0.15, 0.2) is 6.23 Å². The van der Waals surface area contributed by atoms with E-state index < -0.39 is 12.2 Å². The van der Waals surface area contributed by atoms with Crippen molar-refractivity contribution in [2.45, 2.75) is 25.6 Å². The van der Waals surface area contributed by atoms with Crippen LogP contribution in [-0.4, -0.2) is 48.2 Å². The molecule has 0 N–H and O–H groups in total. The largest absolute Gasteiger partial charge is 0.438 e. The second-order valence-corrected chi connectivity index (χ2v) is 5.39. The van der Waals surface area contributed by atoms with E-state index in [1.165, 1.54) is 4.90 Å². The quantitative estimate of drug-likeness (QED) is 0.788. The molecule has 0 saturated carbocycles. The number of carbonyl (C=O) groups is 2. The number of esters is 1. The zero-order chi connectivity index (χ0) is 14.9. The van der Waals surface area contributed by atoms with Crippen molar-refractivity contribution in [1.82, 2.24) is 9.80 Å². The summed E-state index contributed by atoms with van der Waals surface area (Å²) in [5, 5.41) is 0.557.